The fraction of sp³-hybridized carbons (Fsp3) is 0.259. The van der Waals surface area contributed by atoms with Gasteiger partial charge in [0.25, 0.3) is 5.91 Å². The number of aromatic nitrogens is 5. The molecule has 0 unspecified atom stereocenters. The molecular weight excluding hydrogens is 462 g/mol. The average molecular weight is 485 g/mol. The predicted octanol–water partition coefficient (Wildman–Crippen LogP) is 4.58. The first-order valence-electron chi connectivity index (χ1n) is 11.7. The van der Waals surface area contributed by atoms with E-state index in [1.165, 1.54) is 24.4 Å². The minimum atomic E-state index is -0.672. The molecule has 0 saturated heterocycles. The van der Waals surface area contributed by atoms with Crippen LogP contribution in [0.2, 0.25) is 0 Å². The zero-order chi connectivity index (χ0) is 25.2. The van der Waals surface area contributed by atoms with Gasteiger partial charge in [0.15, 0.2) is 5.82 Å². The van der Waals surface area contributed by atoms with E-state index in [1.807, 2.05) is 6.07 Å². The van der Waals surface area contributed by atoms with Crippen LogP contribution in [0.5, 0.6) is 0 Å². The monoisotopic (exact) mass is 484 g/mol. The molecule has 180 valence electrons. The molecule has 7 nitrogen and oxygen atoms in total. The van der Waals surface area contributed by atoms with Crippen molar-refractivity contribution in [2.75, 3.05) is 0 Å². The first kappa shape index (κ1) is 22.3. The molecule has 2 aliphatic carbocycles. The van der Waals surface area contributed by atoms with Gasteiger partial charge in [0.2, 0.25) is 0 Å². The molecule has 3 heterocycles. The Morgan fingerprint density at radius 2 is 1.78 bits per heavy atom. The summed E-state index contributed by atoms with van der Waals surface area (Å²) in [6.07, 6.45) is 4.87. The van der Waals surface area contributed by atoms with E-state index in [1.54, 1.807) is 24.4 Å². The molecule has 0 spiro atoms. The first-order chi connectivity index (χ1) is 17.2. The molecule has 0 aliphatic heterocycles. The van der Waals surface area contributed by atoms with E-state index in [4.69, 9.17) is 10.7 Å². The second kappa shape index (κ2) is 7.68. The number of nitrogens with two attached hydrogens (primary N) is 1. The van der Waals surface area contributed by atoms with Gasteiger partial charge in [-0.2, -0.15) is 5.10 Å². The highest BCUT2D eigenvalue weighted by atomic mass is 19.1. The van der Waals surface area contributed by atoms with Crippen molar-refractivity contribution in [1.82, 2.24) is 25.1 Å². The smallest absolute Gasteiger partial charge is 0.267 e. The Kier molecular flexibility index (Phi) is 4.76. The molecule has 2 atom stereocenters. The number of hydrogen-bond acceptors (Lipinski definition) is 6. The molecule has 6 rings (SSSR count). The standard InChI is InChI=1S/C27H22F2N6O/c1-26(2)16-6-9-27(26,21-8-11-32-25(33-21)14-7-10-31-20(12-14)24(30)36)23-15(16)13-19(34-35-23)22-17(28)4-3-5-18(22)29/h3-5,7-8,10-13,16H,6,9H2,1-2H3,(H2,30,36)/t16-,27-/m0/s1. The summed E-state index contributed by atoms with van der Waals surface area (Å²) < 4.78 is 29.0. The van der Waals surface area contributed by atoms with Crippen LogP contribution in [-0.2, 0) is 5.41 Å². The third kappa shape index (κ3) is 2.95. The number of amides is 1. The minimum Gasteiger partial charge on any atom is -0.364 e. The Labute approximate surface area is 205 Å². The minimum absolute atomic E-state index is 0.123. The van der Waals surface area contributed by atoms with E-state index < -0.39 is 23.0 Å². The number of pyridine rings is 1. The van der Waals surface area contributed by atoms with Crippen molar-refractivity contribution in [3.8, 4) is 22.6 Å². The second-order valence-electron chi connectivity index (χ2n) is 9.91. The molecule has 2 aliphatic rings. The normalized spacial score (nSPS) is 21.4. The van der Waals surface area contributed by atoms with Crippen molar-refractivity contribution >= 4 is 5.91 Å². The Hall–Kier alpha value is -4.14. The van der Waals surface area contributed by atoms with Gasteiger partial charge in [-0.1, -0.05) is 19.9 Å². The average Bonchev–Trinajstić information content (AvgIpc) is 3.25. The van der Waals surface area contributed by atoms with Crippen LogP contribution in [0, 0.1) is 17.0 Å². The number of hydrogen-bond donors (Lipinski definition) is 1. The van der Waals surface area contributed by atoms with Crippen LogP contribution in [0.15, 0.2) is 54.9 Å². The Bertz CT molecular complexity index is 1540. The molecule has 1 amide bonds. The van der Waals surface area contributed by atoms with Gasteiger partial charge in [0, 0.05) is 18.0 Å². The largest absolute Gasteiger partial charge is 0.364 e. The lowest BCUT2D eigenvalue weighted by atomic mass is 9.66. The highest BCUT2D eigenvalue weighted by molar-refractivity contribution is 5.91. The van der Waals surface area contributed by atoms with Gasteiger partial charge in [-0.15, -0.1) is 5.10 Å². The maximum absolute atomic E-state index is 14.5. The molecule has 1 saturated carbocycles. The number of nitrogens with zero attached hydrogens (tertiary/aromatic N) is 5. The highest BCUT2D eigenvalue weighted by Gasteiger charge is 2.65. The molecule has 9 heteroatoms. The molecule has 2 N–H and O–H groups in total. The Balaban J connectivity index is 1.50. The van der Waals surface area contributed by atoms with Crippen molar-refractivity contribution in [3.63, 3.8) is 0 Å². The summed E-state index contributed by atoms with van der Waals surface area (Å²) in [5.41, 5.74) is 7.84. The number of benzene rings is 1. The topological polar surface area (TPSA) is 108 Å². The lowest BCUT2D eigenvalue weighted by Crippen LogP contribution is -2.38. The van der Waals surface area contributed by atoms with Crippen molar-refractivity contribution in [1.29, 1.82) is 0 Å². The lowest BCUT2D eigenvalue weighted by molar-refractivity contribution is 0.0995. The lowest BCUT2D eigenvalue weighted by Gasteiger charge is -2.37. The summed E-state index contributed by atoms with van der Waals surface area (Å²) in [5.74, 6) is -1.41. The first-order valence-corrected chi connectivity index (χ1v) is 11.7. The van der Waals surface area contributed by atoms with Crippen molar-refractivity contribution < 1.29 is 13.6 Å². The fourth-order valence-electron chi connectivity index (χ4n) is 6.20. The number of primary amides is 1. The summed E-state index contributed by atoms with van der Waals surface area (Å²) in [4.78, 5) is 25.0. The van der Waals surface area contributed by atoms with Gasteiger partial charge in [0.05, 0.1) is 28.1 Å². The molecule has 2 bridgehead atoms. The molecule has 4 aromatic rings. The number of halogens is 2. The third-order valence-corrected chi connectivity index (χ3v) is 7.96. The van der Waals surface area contributed by atoms with Crippen LogP contribution in [0.3, 0.4) is 0 Å². The van der Waals surface area contributed by atoms with Gasteiger partial charge in [0.1, 0.15) is 17.3 Å². The molecular formula is C27H22F2N6O. The molecule has 36 heavy (non-hydrogen) atoms. The molecule has 1 fully saturated rings. The SMILES string of the molecule is CC1(C)[C@H]2CC[C@]1(c1ccnc(-c3ccnc(C(N)=O)c3)n1)c1nnc(-c3c(F)cccc3F)cc12. The summed E-state index contributed by atoms with van der Waals surface area (Å²) in [6.45, 7) is 4.35. The van der Waals surface area contributed by atoms with E-state index in [0.29, 0.717) is 11.4 Å². The number of carbonyl (C=O) groups excluding carboxylic acids is 1. The van der Waals surface area contributed by atoms with Gasteiger partial charge in [-0.05, 0) is 66.1 Å². The quantitative estimate of drug-likeness (QED) is 0.455. The fourth-order valence-corrected chi connectivity index (χ4v) is 6.20. The van der Waals surface area contributed by atoms with E-state index in [0.717, 1.165) is 29.8 Å². The van der Waals surface area contributed by atoms with Crippen LogP contribution in [0.4, 0.5) is 8.78 Å². The van der Waals surface area contributed by atoms with E-state index in [2.05, 4.69) is 34.0 Å². The summed E-state index contributed by atoms with van der Waals surface area (Å²) in [5, 5.41) is 8.85. The summed E-state index contributed by atoms with van der Waals surface area (Å²) in [7, 11) is 0. The molecule has 1 aromatic carbocycles. The van der Waals surface area contributed by atoms with Crippen molar-refractivity contribution in [3.05, 3.63) is 89.1 Å². The van der Waals surface area contributed by atoms with Gasteiger partial charge in [-0.3, -0.25) is 9.78 Å². The zero-order valence-electron chi connectivity index (χ0n) is 19.7. The van der Waals surface area contributed by atoms with E-state index >= 15 is 0 Å². The van der Waals surface area contributed by atoms with Crippen LogP contribution in [-0.4, -0.2) is 31.1 Å². The molecule has 3 aromatic heterocycles. The maximum atomic E-state index is 14.5. The van der Waals surface area contributed by atoms with Crippen LogP contribution in [0.1, 0.15) is 60.0 Å². The van der Waals surface area contributed by atoms with Crippen LogP contribution >= 0.6 is 0 Å². The highest BCUT2D eigenvalue weighted by Crippen LogP contribution is 2.69. The van der Waals surface area contributed by atoms with Crippen LogP contribution < -0.4 is 5.73 Å². The van der Waals surface area contributed by atoms with Gasteiger partial charge < -0.3 is 5.73 Å². The Morgan fingerprint density at radius 1 is 1.03 bits per heavy atom. The predicted molar refractivity (Wildman–Crippen MR) is 128 cm³/mol. The van der Waals surface area contributed by atoms with Gasteiger partial charge in [-0.25, -0.2) is 18.7 Å². The maximum Gasteiger partial charge on any atom is 0.267 e. The zero-order valence-corrected chi connectivity index (χ0v) is 19.7. The summed E-state index contributed by atoms with van der Waals surface area (Å²) in [6, 6.07) is 10.7. The third-order valence-electron chi connectivity index (χ3n) is 7.96. The Morgan fingerprint density at radius 3 is 2.53 bits per heavy atom. The number of rotatable bonds is 4. The second-order valence-corrected chi connectivity index (χ2v) is 9.91. The number of carbonyl (C=O) groups is 1. The van der Waals surface area contributed by atoms with E-state index in [9.17, 15) is 13.6 Å². The van der Waals surface area contributed by atoms with E-state index in [-0.39, 0.29) is 28.3 Å². The number of fused-ring (bicyclic) bond motifs is 5. The van der Waals surface area contributed by atoms with Crippen LogP contribution in [0.25, 0.3) is 22.6 Å². The van der Waals surface area contributed by atoms with Crippen molar-refractivity contribution in [2.24, 2.45) is 11.1 Å². The summed E-state index contributed by atoms with van der Waals surface area (Å²) >= 11 is 0. The van der Waals surface area contributed by atoms with Crippen molar-refractivity contribution in [2.45, 2.75) is 38.0 Å². The van der Waals surface area contributed by atoms with Gasteiger partial charge >= 0.3 is 0 Å². The molecule has 0 radical (unpaired) electrons.